The second-order valence-corrected chi connectivity index (χ2v) is 5.32. The van der Waals surface area contributed by atoms with Gasteiger partial charge in [0.1, 0.15) is 6.04 Å². The Kier molecular flexibility index (Phi) is 6.41. The van der Waals surface area contributed by atoms with Crippen LogP contribution in [0.5, 0.6) is 0 Å². The molecule has 3 amide bonds. The molecule has 8 nitrogen and oxygen atoms in total. The predicted molar refractivity (Wildman–Crippen MR) is 76.7 cm³/mol. The molecule has 1 heterocycles. The molecule has 1 fully saturated rings. The lowest BCUT2D eigenvalue weighted by molar-refractivity contribution is -0.140. The third-order valence-corrected chi connectivity index (χ3v) is 3.74. The minimum absolute atomic E-state index is 0.296. The largest absolute Gasteiger partial charge is 0.480 e. The van der Waals surface area contributed by atoms with Gasteiger partial charge in [-0.15, -0.1) is 0 Å². The first kappa shape index (κ1) is 17.2. The van der Waals surface area contributed by atoms with Crippen LogP contribution in [0.2, 0.25) is 0 Å². The minimum atomic E-state index is -1.29. The van der Waals surface area contributed by atoms with Crippen LogP contribution in [0.15, 0.2) is 0 Å². The van der Waals surface area contributed by atoms with Gasteiger partial charge >= 0.3 is 12.0 Å². The summed E-state index contributed by atoms with van der Waals surface area (Å²) in [7, 11) is 1.62. The van der Waals surface area contributed by atoms with Crippen LogP contribution in [0.3, 0.4) is 0 Å². The van der Waals surface area contributed by atoms with Crippen LogP contribution in [-0.2, 0) is 9.59 Å². The summed E-state index contributed by atoms with van der Waals surface area (Å²) in [4.78, 5) is 37.6. The van der Waals surface area contributed by atoms with E-state index in [1.807, 2.05) is 0 Å². The maximum atomic E-state index is 12.0. The summed E-state index contributed by atoms with van der Waals surface area (Å²) in [6.45, 7) is 4.56. The van der Waals surface area contributed by atoms with Crippen molar-refractivity contribution in [2.45, 2.75) is 38.3 Å². The molecule has 120 valence electrons. The van der Waals surface area contributed by atoms with Crippen LogP contribution < -0.4 is 11.1 Å². The Morgan fingerprint density at radius 2 is 2.14 bits per heavy atom. The average molecular weight is 300 g/mol. The highest BCUT2D eigenvalue weighted by Gasteiger charge is 2.28. The Morgan fingerprint density at radius 1 is 1.48 bits per heavy atom. The second kappa shape index (κ2) is 7.82. The molecule has 1 aliphatic rings. The molecule has 2 atom stereocenters. The first-order chi connectivity index (χ1) is 9.85. The van der Waals surface area contributed by atoms with E-state index in [1.165, 1.54) is 4.90 Å². The number of likely N-dealkylation sites (N-methyl/N-ethyl adjacent to an activating group) is 2. The average Bonchev–Trinajstić information content (AvgIpc) is 2.84. The number of hydrogen-bond donors (Lipinski definition) is 3. The van der Waals surface area contributed by atoms with Crippen molar-refractivity contribution in [3.05, 3.63) is 0 Å². The fourth-order valence-corrected chi connectivity index (χ4v) is 2.58. The van der Waals surface area contributed by atoms with Gasteiger partial charge in [0, 0.05) is 19.6 Å². The number of hydrogen-bond acceptors (Lipinski definition) is 4. The molecule has 0 aromatic heterocycles. The first-order valence-corrected chi connectivity index (χ1v) is 7.12. The van der Waals surface area contributed by atoms with Gasteiger partial charge in [-0.1, -0.05) is 6.92 Å². The number of carbonyl (C=O) groups excluding carboxylic acids is 2. The monoisotopic (exact) mass is 300 g/mol. The van der Waals surface area contributed by atoms with E-state index in [0.717, 1.165) is 25.9 Å². The summed E-state index contributed by atoms with van der Waals surface area (Å²) in [6, 6.07) is -1.50. The van der Waals surface area contributed by atoms with Crippen molar-refractivity contribution in [1.82, 2.24) is 15.1 Å². The van der Waals surface area contributed by atoms with Gasteiger partial charge in [0.2, 0.25) is 5.91 Å². The number of likely N-dealkylation sites (tertiary alicyclic amines) is 1. The number of carbonyl (C=O) groups is 3. The van der Waals surface area contributed by atoms with E-state index < -0.39 is 30.4 Å². The number of nitrogens with zero attached hydrogens (tertiary/aromatic N) is 2. The fraction of sp³-hybridized carbons (Fsp3) is 0.769. The van der Waals surface area contributed by atoms with E-state index in [0.29, 0.717) is 12.6 Å². The second-order valence-electron chi connectivity index (χ2n) is 5.32. The maximum absolute atomic E-state index is 12.0. The standard InChI is InChI=1S/C13H24N4O4/c1-3-17-6-4-5-9(17)8-16(2)13(21)15-10(12(19)20)7-11(14)18/h9-10H,3-8H2,1-2H3,(H2,14,18)(H,15,21)(H,19,20)/t9?,10-/m0/s1. The third kappa shape index (κ3) is 5.22. The normalized spacial score (nSPS) is 20.0. The lowest BCUT2D eigenvalue weighted by Crippen LogP contribution is -2.50. The number of urea groups is 1. The molecule has 0 radical (unpaired) electrons. The van der Waals surface area contributed by atoms with E-state index in [9.17, 15) is 14.4 Å². The first-order valence-electron chi connectivity index (χ1n) is 7.12. The summed E-state index contributed by atoms with van der Waals surface area (Å²) < 4.78 is 0. The van der Waals surface area contributed by atoms with Gasteiger partial charge in [0.15, 0.2) is 0 Å². The van der Waals surface area contributed by atoms with E-state index in [-0.39, 0.29) is 0 Å². The highest BCUT2D eigenvalue weighted by molar-refractivity contribution is 5.87. The Labute approximate surface area is 124 Å². The summed E-state index contributed by atoms with van der Waals surface area (Å²) in [5.41, 5.74) is 4.98. The van der Waals surface area contributed by atoms with Crippen molar-refractivity contribution in [2.75, 3.05) is 26.7 Å². The highest BCUT2D eigenvalue weighted by Crippen LogP contribution is 2.17. The summed E-state index contributed by atoms with van der Waals surface area (Å²) in [5, 5.41) is 11.3. The van der Waals surface area contributed by atoms with Crippen molar-refractivity contribution in [3.8, 4) is 0 Å². The van der Waals surface area contributed by atoms with Crippen LogP contribution in [0.25, 0.3) is 0 Å². The molecule has 0 spiro atoms. The Morgan fingerprint density at radius 3 is 2.67 bits per heavy atom. The van der Waals surface area contributed by atoms with Gasteiger partial charge in [0.05, 0.1) is 6.42 Å². The molecule has 0 aromatic rings. The molecule has 1 saturated heterocycles. The lowest BCUT2D eigenvalue weighted by atomic mass is 10.2. The van der Waals surface area contributed by atoms with Gasteiger partial charge in [-0.3, -0.25) is 9.69 Å². The van der Waals surface area contributed by atoms with Crippen molar-refractivity contribution < 1.29 is 19.5 Å². The van der Waals surface area contributed by atoms with Gasteiger partial charge in [-0.05, 0) is 25.9 Å². The minimum Gasteiger partial charge on any atom is -0.480 e. The van der Waals surface area contributed by atoms with E-state index in [4.69, 9.17) is 10.8 Å². The lowest BCUT2D eigenvalue weighted by Gasteiger charge is -2.28. The topological polar surface area (TPSA) is 116 Å². The molecule has 1 rings (SSSR count). The van der Waals surface area contributed by atoms with Crippen LogP contribution in [0, 0.1) is 0 Å². The van der Waals surface area contributed by atoms with Crippen LogP contribution in [-0.4, -0.2) is 71.6 Å². The van der Waals surface area contributed by atoms with Crippen molar-refractivity contribution >= 4 is 17.9 Å². The molecule has 1 aliphatic heterocycles. The number of carboxylic acids is 1. The molecule has 21 heavy (non-hydrogen) atoms. The number of aliphatic carboxylic acids is 1. The molecule has 0 aliphatic carbocycles. The molecule has 0 aromatic carbocycles. The predicted octanol–water partition coefficient (Wildman–Crippen LogP) is -0.559. The van der Waals surface area contributed by atoms with Gasteiger partial charge in [-0.2, -0.15) is 0 Å². The Hall–Kier alpha value is -1.83. The number of amides is 3. The smallest absolute Gasteiger partial charge is 0.326 e. The van der Waals surface area contributed by atoms with Gasteiger partial charge in [0.25, 0.3) is 0 Å². The maximum Gasteiger partial charge on any atom is 0.326 e. The van der Waals surface area contributed by atoms with Crippen LogP contribution in [0.4, 0.5) is 4.79 Å². The van der Waals surface area contributed by atoms with E-state index in [2.05, 4.69) is 17.1 Å². The third-order valence-electron chi connectivity index (χ3n) is 3.74. The molecule has 0 saturated carbocycles. The molecular weight excluding hydrogens is 276 g/mol. The molecule has 8 heteroatoms. The van der Waals surface area contributed by atoms with Crippen molar-refractivity contribution in [1.29, 1.82) is 0 Å². The Balaban J connectivity index is 2.52. The van der Waals surface area contributed by atoms with Crippen LogP contribution >= 0.6 is 0 Å². The Bertz CT molecular complexity index is 402. The highest BCUT2D eigenvalue weighted by atomic mass is 16.4. The number of nitrogens with two attached hydrogens (primary N) is 1. The zero-order chi connectivity index (χ0) is 16.0. The van der Waals surface area contributed by atoms with Gasteiger partial charge in [-0.25, -0.2) is 9.59 Å². The van der Waals surface area contributed by atoms with Crippen LogP contribution in [0.1, 0.15) is 26.2 Å². The van der Waals surface area contributed by atoms with Crippen molar-refractivity contribution in [3.63, 3.8) is 0 Å². The number of primary amides is 1. The molecular formula is C13H24N4O4. The zero-order valence-corrected chi connectivity index (χ0v) is 12.5. The van der Waals surface area contributed by atoms with Gasteiger partial charge < -0.3 is 21.1 Å². The summed E-state index contributed by atoms with van der Waals surface area (Å²) in [6.07, 6.45) is 1.71. The number of rotatable bonds is 7. The summed E-state index contributed by atoms with van der Waals surface area (Å²) in [5.74, 6) is -2.04. The number of carboxylic acid groups (broad SMARTS) is 1. The quantitative estimate of drug-likeness (QED) is 0.583. The van der Waals surface area contributed by atoms with Crippen molar-refractivity contribution in [2.24, 2.45) is 5.73 Å². The zero-order valence-electron chi connectivity index (χ0n) is 12.5. The van der Waals surface area contributed by atoms with E-state index in [1.54, 1.807) is 7.05 Å². The molecule has 4 N–H and O–H groups in total. The molecule has 1 unspecified atom stereocenters. The van der Waals surface area contributed by atoms with E-state index >= 15 is 0 Å². The SMILES string of the molecule is CCN1CCCC1CN(C)C(=O)N[C@@H](CC(N)=O)C(=O)O. The molecule has 0 bridgehead atoms. The summed E-state index contributed by atoms with van der Waals surface area (Å²) >= 11 is 0. The fourth-order valence-electron chi connectivity index (χ4n) is 2.58. The number of nitrogens with one attached hydrogen (secondary N) is 1.